The van der Waals surface area contributed by atoms with Crippen LogP contribution in [0.1, 0.15) is 47.1 Å². The van der Waals surface area contributed by atoms with Crippen molar-refractivity contribution in [3.63, 3.8) is 0 Å². The maximum Gasteiger partial charge on any atom is 0.252 e. The van der Waals surface area contributed by atoms with Gasteiger partial charge in [0.15, 0.2) is 0 Å². The molecule has 2 aromatic heterocycles. The molecule has 0 aromatic carbocycles. The third-order valence-corrected chi connectivity index (χ3v) is 4.34. The Morgan fingerprint density at radius 2 is 2.10 bits per heavy atom. The Kier molecular flexibility index (Phi) is 5.27. The molecule has 6 heteroatoms. The quantitative estimate of drug-likeness (QED) is 0.861. The fraction of sp³-hybridized carbons (Fsp3) is 0.400. The predicted molar refractivity (Wildman–Crippen MR) is 85.8 cm³/mol. The normalized spacial score (nSPS) is 12.0. The van der Waals surface area contributed by atoms with E-state index in [1.807, 2.05) is 19.2 Å². The highest BCUT2D eigenvalue weighted by Gasteiger charge is 2.11. The van der Waals surface area contributed by atoms with Gasteiger partial charge in [-0.15, -0.1) is 11.3 Å². The zero-order chi connectivity index (χ0) is 15.2. The van der Waals surface area contributed by atoms with Gasteiger partial charge in [0.25, 0.3) is 5.91 Å². The van der Waals surface area contributed by atoms with Crippen LogP contribution in [0.2, 0.25) is 0 Å². The van der Waals surface area contributed by atoms with Gasteiger partial charge in [-0.2, -0.15) is 0 Å². The molecule has 2 N–H and O–H groups in total. The van der Waals surface area contributed by atoms with Crippen molar-refractivity contribution in [1.82, 2.24) is 15.3 Å². The molecule has 1 atom stereocenters. The van der Waals surface area contributed by atoms with Crippen molar-refractivity contribution in [3.8, 4) is 0 Å². The van der Waals surface area contributed by atoms with Crippen LogP contribution in [0.5, 0.6) is 0 Å². The van der Waals surface area contributed by atoms with E-state index in [9.17, 15) is 4.79 Å². The fourth-order valence-electron chi connectivity index (χ4n) is 1.85. The van der Waals surface area contributed by atoms with E-state index in [0.29, 0.717) is 12.1 Å². The smallest absolute Gasteiger partial charge is 0.252 e. The van der Waals surface area contributed by atoms with Crippen molar-refractivity contribution >= 4 is 23.1 Å². The topological polar surface area (TPSA) is 66.9 Å². The summed E-state index contributed by atoms with van der Waals surface area (Å²) >= 11 is 1.71. The van der Waals surface area contributed by atoms with Crippen LogP contribution in [0, 0.1) is 0 Å². The lowest BCUT2D eigenvalue weighted by molar-refractivity contribution is 0.0955. The van der Waals surface area contributed by atoms with E-state index in [0.717, 1.165) is 17.2 Å². The SMILES string of the molecule is CCNC(=O)c1ccc(NC(C)c2ncc(CC)s2)nc1. The van der Waals surface area contributed by atoms with Crippen LogP contribution in [0.4, 0.5) is 5.82 Å². The molecule has 112 valence electrons. The average Bonchev–Trinajstić information content (AvgIpc) is 2.97. The molecular weight excluding hydrogens is 284 g/mol. The van der Waals surface area contributed by atoms with Gasteiger partial charge in [0.1, 0.15) is 10.8 Å². The number of pyridine rings is 1. The number of hydrogen-bond donors (Lipinski definition) is 2. The fourth-order valence-corrected chi connectivity index (χ4v) is 2.71. The Bertz CT molecular complexity index is 594. The van der Waals surface area contributed by atoms with Gasteiger partial charge in [0.2, 0.25) is 0 Å². The molecule has 5 nitrogen and oxygen atoms in total. The van der Waals surface area contributed by atoms with Crippen LogP contribution in [0.25, 0.3) is 0 Å². The molecule has 0 radical (unpaired) electrons. The van der Waals surface area contributed by atoms with E-state index in [-0.39, 0.29) is 11.9 Å². The molecule has 0 bridgehead atoms. The number of rotatable bonds is 6. The molecular formula is C15H20N4OS. The molecule has 0 saturated carbocycles. The number of carbonyl (C=O) groups excluding carboxylic acids is 1. The van der Waals surface area contributed by atoms with Gasteiger partial charge in [-0.1, -0.05) is 6.92 Å². The number of nitrogens with one attached hydrogen (secondary N) is 2. The van der Waals surface area contributed by atoms with Gasteiger partial charge < -0.3 is 10.6 Å². The van der Waals surface area contributed by atoms with E-state index in [1.165, 1.54) is 4.88 Å². The van der Waals surface area contributed by atoms with Gasteiger partial charge >= 0.3 is 0 Å². The van der Waals surface area contributed by atoms with Crippen molar-refractivity contribution in [2.45, 2.75) is 33.2 Å². The van der Waals surface area contributed by atoms with Gasteiger partial charge in [-0.25, -0.2) is 9.97 Å². The lowest BCUT2D eigenvalue weighted by atomic mass is 10.2. The minimum Gasteiger partial charge on any atom is -0.361 e. The van der Waals surface area contributed by atoms with E-state index in [4.69, 9.17) is 0 Å². The molecule has 0 fully saturated rings. The highest BCUT2D eigenvalue weighted by Crippen LogP contribution is 2.23. The zero-order valence-corrected chi connectivity index (χ0v) is 13.3. The minimum absolute atomic E-state index is 0.0955. The molecule has 0 aliphatic rings. The third-order valence-electron chi connectivity index (χ3n) is 3.02. The van der Waals surface area contributed by atoms with Crippen LogP contribution < -0.4 is 10.6 Å². The molecule has 2 aromatic rings. The minimum atomic E-state index is -0.0999. The highest BCUT2D eigenvalue weighted by atomic mass is 32.1. The summed E-state index contributed by atoms with van der Waals surface area (Å²) in [5, 5.41) is 7.09. The monoisotopic (exact) mass is 304 g/mol. The maximum absolute atomic E-state index is 11.7. The van der Waals surface area contributed by atoms with E-state index >= 15 is 0 Å². The molecule has 0 aliphatic heterocycles. The number of nitrogens with zero attached hydrogens (tertiary/aromatic N) is 2. The van der Waals surface area contributed by atoms with Crippen molar-refractivity contribution in [2.24, 2.45) is 0 Å². The van der Waals surface area contributed by atoms with Crippen LogP contribution in [-0.2, 0) is 6.42 Å². The van der Waals surface area contributed by atoms with E-state index < -0.39 is 0 Å². The van der Waals surface area contributed by atoms with Gasteiger partial charge in [0, 0.05) is 23.8 Å². The highest BCUT2D eigenvalue weighted by molar-refractivity contribution is 7.11. The third kappa shape index (κ3) is 4.01. The van der Waals surface area contributed by atoms with Crippen LogP contribution >= 0.6 is 11.3 Å². The van der Waals surface area contributed by atoms with Crippen molar-refractivity contribution < 1.29 is 4.79 Å². The second-order valence-corrected chi connectivity index (χ2v) is 5.82. The number of anilines is 1. The van der Waals surface area contributed by atoms with Crippen LogP contribution in [0.15, 0.2) is 24.5 Å². The summed E-state index contributed by atoms with van der Waals surface area (Å²) in [6.45, 7) is 6.68. The Morgan fingerprint density at radius 3 is 2.67 bits per heavy atom. The standard InChI is InChI=1S/C15H20N4OS/c1-4-12-9-18-15(21-12)10(3)19-13-7-6-11(8-17-13)14(20)16-5-2/h6-10H,4-5H2,1-3H3,(H,16,20)(H,17,19). The molecule has 2 heterocycles. The zero-order valence-electron chi connectivity index (χ0n) is 12.5. The van der Waals surface area contributed by atoms with E-state index in [1.54, 1.807) is 23.6 Å². The van der Waals surface area contributed by atoms with E-state index in [2.05, 4.69) is 34.4 Å². The van der Waals surface area contributed by atoms with Crippen molar-refractivity contribution in [1.29, 1.82) is 0 Å². The summed E-state index contributed by atoms with van der Waals surface area (Å²) in [5.41, 5.74) is 0.567. The second-order valence-electron chi connectivity index (χ2n) is 4.68. The molecule has 0 aliphatic carbocycles. The number of thiazole rings is 1. The van der Waals surface area contributed by atoms with Crippen molar-refractivity contribution in [3.05, 3.63) is 40.0 Å². The number of amides is 1. The first kappa shape index (κ1) is 15.4. The Balaban J connectivity index is 2.01. The Hall–Kier alpha value is -1.95. The lowest BCUT2D eigenvalue weighted by Gasteiger charge is -2.12. The predicted octanol–water partition coefficient (Wildman–Crippen LogP) is 3.02. The number of aryl methyl sites for hydroxylation is 1. The molecule has 1 amide bonds. The Labute approximate surface area is 128 Å². The lowest BCUT2D eigenvalue weighted by Crippen LogP contribution is -2.22. The summed E-state index contributed by atoms with van der Waals surface area (Å²) in [4.78, 5) is 21.6. The number of hydrogen-bond acceptors (Lipinski definition) is 5. The van der Waals surface area contributed by atoms with Gasteiger partial charge in [0.05, 0.1) is 11.6 Å². The summed E-state index contributed by atoms with van der Waals surface area (Å²) < 4.78 is 0. The maximum atomic E-state index is 11.7. The molecule has 0 saturated heterocycles. The van der Waals surface area contributed by atoms with Crippen LogP contribution in [-0.4, -0.2) is 22.4 Å². The molecule has 1 unspecified atom stereocenters. The second kappa shape index (κ2) is 7.17. The van der Waals surface area contributed by atoms with Gasteiger partial charge in [-0.3, -0.25) is 4.79 Å². The molecule has 2 rings (SSSR count). The molecule has 21 heavy (non-hydrogen) atoms. The summed E-state index contributed by atoms with van der Waals surface area (Å²) in [6, 6.07) is 3.68. The number of aromatic nitrogens is 2. The first-order valence-electron chi connectivity index (χ1n) is 7.09. The summed E-state index contributed by atoms with van der Waals surface area (Å²) in [6.07, 6.45) is 4.51. The number of carbonyl (C=O) groups is 1. The van der Waals surface area contributed by atoms with Crippen molar-refractivity contribution in [2.75, 3.05) is 11.9 Å². The first-order valence-corrected chi connectivity index (χ1v) is 7.91. The van der Waals surface area contributed by atoms with Crippen LogP contribution in [0.3, 0.4) is 0 Å². The average molecular weight is 304 g/mol. The molecule has 0 spiro atoms. The summed E-state index contributed by atoms with van der Waals surface area (Å²) in [5.74, 6) is 0.640. The van der Waals surface area contributed by atoms with Gasteiger partial charge in [-0.05, 0) is 32.4 Å². The first-order chi connectivity index (χ1) is 10.1. The largest absolute Gasteiger partial charge is 0.361 e. The Morgan fingerprint density at radius 1 is 1.29 bits per heavy atom. The summed E-state index contributed by atoms with van der Waals surface area (Å²) in [7, 11) is 0.